The van der Waals surface area contributed by atoms with Crippen molar-refractivity contribution in [3.8, 4) is 0 Å². The molecular weight excluding hydrogens is 256 g/mol. The Morgan fingerprint density at radius 3 is 3.18 bits per heavy atom. The van der Waals surface area contributed by atoms with Gasteiger partial charge in [-0.05, 0) is 30.1 Å². The second-order valence-electron chi connectivity index (χ2n) is 3.76. The third kappa shape index (κ3) is 1.39. The quantitative estimate of drug-likeness (QED) is 0.723. The van der Waals surface area contributed by atoms with Crippen LogP contribution in [0.15, 0.2) is 16.2 Å². The van der Waals surface area contributed by atoms with E-state index in [9.17, 15) is 4.79 Å². The number of thiophene rings is 1. The molecule has 88 valence electrons. The predicted octanol–water partition coefficient (Wildman–Crippen LogP) is 2.18. The fourth-order valence-corrected chi connectivity index (χ4v) is 3.01. The average Bonchev–Trinajstić information content (AvgIpc) is 2.90. The van der Waals surface area contributed by atoms with Gasteiger partial charge in [0.2, 0.25) is 10.5 Å². The largest absolute Gasteiger partial charge is 0.276 e. The van der Waals surface area contributed by atoms with E-state index < -0.39 is 0 Å². The molecule has 0 atom stereocenters. The molecule has 0 aromatic carbocycles. The molecule has 1 N–H and O–H groups in total. The van der Waals surface area contributed by atoms with E-state index in [1.165, 1.54) is 11.3 Å². The van der Waals surface area contributed by atoms with Crippen molar-refractivity contribution in [2.75, 3.05) is 0 Å². The first-order valence-electron chi connectivity index (χ1n) is 5.31. The van der Waals surface area contributed by atoms with Gasteiger partial charge in [0.25, 0.3) is 5.56 Å². The van der Waals surface area contributed by atoms with Crippen LogP contribution in [0.3, 0.4) is 0 Å². The van der Waals surface area contributed by atoms with E-state index in [0.29, 0.717) is 17.1 Å². The van der Waals surface area contributed by atoms with Crippen molar-refractivity contribution < 1.29 is 0 Å². The number of fused-ring (bicyclic) bond motifs is 3. The summed E-state index contributed by atoms with van der Waals surface area (Å²) in [5.41, 5.74) is 0.847. The normalized spacial score (nSPS) is 11.6. The highest BCUT2D eigenvalue weighted by atomic mass is 32.1. The second kappa shape index (κ2) is 3.78. The summed E-state index contributed by atoms with van der Waals surface area (Å²) in [6.45, 7) is 2.68. The summed E-state index contributed by atoms with van der Waals surface area (Å²) in [6, 6.07) is 1.90. The highest BCUT2D eigenvalue weighted by Crippen LogP contribution is 2.18. The van der Waals surface area contributed by atoms with Crippen LogP contribution < -0.4 is 5.56 Å². The standard InChI is InChI=1S/C10H10N4OS2/c1-2-4-13-8(15)7-6(3-5-17-7)14-9(13)11-12-10(14)16/h3,5H,2,4H2,1H3,(H,12,16). The predicted molar refractivity (Wildman–Crippen MR) is 70.3 cm³/mol. The Kier molecular flexibility index (Phi) is 2.37. The van der Waals surface area contributed by atoms with Crippen LogP contribution in [0, 0.1) is 4.77 Å². The van der Waals surface area contributed by atoms with Gasteiger partial charge in [-0.1, -0.05) is 6.92 Å². The van der Waals surface area contributed by atoms with Gasteiger partial charge < -0.3 is 0 Å². The van der Waals surface area contributed by atoms with E-state index in [1.54, 1.807) is 4.57 Å². The number of hydrogen-bond donors (Lipinski definition) is 1. The Hall–Kier alpha value is -1.47. The average molecular weight is 266 g/mol. The van der Waals surface area contributed by atoms with Crippen molar-refractivity contribution in [3.63, 3.8) is 0 Å². The van der Waals surface area contributed by atoms with Gasteiger partial charge in [-0.3, -0.25) is 13.8 Å². The van der Waals surface area contributed by atoms with Gasteiger partial charge in [0.1, 0.15) is 4.70 Å². The van der Waals surface area contributed by atoms with Crippen LogP contribution >= 0.6 is 23.6 Å². The molecule has 3 rings (SSSR count). The monoisotopic (exact) mass is 266 g/mol. The van der Waals surface area contributed by atoms with Crippen LogP contribution in [0.2, 0.25) is 0 Å². The maximum absolute atomic E-state index is 12.3. The number of nitrogens with zero attached hydrogens (tertiary/aromatic N) is 3. The van der Waals surface area contributed by atoms with E-state index in [-0.39, 0.29) is 5.56 Å². The maximum atomic E-state index is 12.3. The zero-order valence-electron chi connectivity index (χ0n) is 9.14. The number of nitrogens with one attached hydrogen (secondary N) is 1. The molecule has 17 heavy (non-hydrogen) atoms. The van der Waals surface area contributed by atoms with Gasteiger partial charge >= 0.3 is 0 Å². The molecular formula is C10H10N4OS2. The molecule has 0 aliphatic carbocycles. The van der Waals surface area contributed by atoms with Crippen molar-refractivity contribution in [1.82, 2.24) is 19.2 Å². The molecule has 0 amide bonds. The van der Waals surface area contributed by atoms with E-state index in [2.05, 4.69) is 10.2 Å². The molecule has 3 aromatic heterocycles. The summed E-state index contributed by atoms with van der Waals surface area (Å²) in [4.78, 5) is 12.3. The minimum atomic E-state index is 0.0124. The SMILES string of the molecule is CCCn1c(=O)c2sccc2n2c(=S)[nH]nc12. The van der Waals surface area contributed by atoms with Gasteiger partial charge in [-0.2, -0.15) is 0 Å². The third-order valence-corrected chi connectivity index (χ3v) is 3.83. The first-order chi connectivity index (χ1) is 8.24. The Labute approximate surface area is 105 Å². The zero-order valence-corrected chi connectivity index (χ0v) is 10.8. The van der Waals surface area contributed by atoms with E-state index in [0.717, 1.165) is 16.6 Å². The van der Waals surface area contributed by atoms with Crippen molar-refractivity contribution in [3.05, 3.63) is 26.6 Å². The van der Waals surface area contributed by atoms with Gasteiger partial charge in [0.15, 0.2) is 0 Å². The van der Waals surface area contributed by atoms with Gasteiger partial charge in [0, 0.05) is 6.54 Å². The lowest BCUT2D eigenvalue weighted by atomic mass is 10.4. The van der Waals surface area contributed by atoms with Crippen LogP contribution in [0.5, 0.6) is 0 Å². The summed E-state index contributed by atoms with van der Waals surface area (Å²) in [5, 5.41) is 8.79. The van der Waals surface area contributed by atoms with Crippen molar-refractivity contribution in [1.29, 1.82) is 0 Å². The number of aromatic amines is 1. The van der Waals surface area contributed by atoms with Crippen LogP contribution in [0.25, 0.3) is 16.0 Å². The second-order valence-corrected chi connectivity index (χ2v) is 5.06. The molecule has 0 aliphatic heterocycles. The molecule has 0 saturated heterocycles. The van der Waals surface area contributed by atoms with E-state index >= 15 is 0 Å². The highest BCUT2D eigenvalue weighted by Gasteiger charge is 2.13. The Bertz CT molecular complexity index is 807. The molecule has 0 unspecified atom stereocenters. The van der Waals surface area contributed by atoms with Crippen molar-refractivity contribution in [2.45, 2.75) is 19.9 Å². The van der Waals surface area contributed by atoms with Crippen LogP contribution in [-0.4, -0.2) is 19.2 Å². The maximum Gasteiger partial charge on any atom is 0.272 e. The first-order valence-corrected chi connectivity index (χ1v) is 6.60. The molecule has 0 aliphatic rings. The van der Waals surface area contributed by atoms with Gasteiger partial charge in [-0.25, -0.2) is 5.10 Å². The number of H-pyrrole nitrogens is 1. The topological polar surface area (TPSA) is 55.1 Å². The Morgan fingerprint density at radius 1 is 1.59 bits per heavy atom. The lowest BCUT2D eigenvalue weighted by Crippen LogP contribution is -2.22. The summed E-state index contributed by atoms with van der Waals surface area (Å²) >= 11 is 6.64. The molecule has 5 nitrogen and oxygen atoms in total. The smallest absolute Gasteiger partial charge is 0.272 e. The number of hydrogen-bond acceptors (Lipinski definition) is 4. The molecule has 0 fully saturated rings. The minimum absolute atomic E-state index is 0.0124. The van der Waals surface area contributed by atoms with Crippen molar-refractivity contribution in [2.24, 2.45) is 0 Å². The third-order valence-electron chi connectivity index (χ3n) is 2.67. The number of rotatable bonds is 2. The van der Waals surface area contributed by atoms with Crippen LogP contribution in [0.1, 0.15) is 13.3 Å². The summed E-state index contributed by atoms with van der Waals surface area (Å²) in [7, 11) is 0. The fraction of sp³-hybridized carbons (Fsp3) is 0.300. The molecule has 7 heteroatoms. The Morgan fingerprint density at radius 2 is 2.41 bits per heavy atom. The molecule has 3 aromatic rings. The van der Waals surface area contributed by atoms with Gasteiger partial charge in [0.05, 0.1) is 5.52 Å². The van der Waals surface area contributed by atoms with Gasteiger partial charge in [-0.15, -0.1) is 16.4 Å². The van der Waals surface area contributed by atoms with E-state index in [1.807, 2.05) is 22.8 Å². The minimum Gasteiger partial charge on any atom is -0.276 e. The summed E-state index contributed by atoms with van der Waals surface area (Å²) in [5.74, 6) is 0.591. The summed E-state index contributed by atoms with van der Waals surface area (Å²) < 4.78 is 4.74. The van der Waals surface area contributed by atoms with Crippen LogP contribution in [-0.2, 0) is 6.54 Å². The number of aromatic nitrogens is 4. The molecule has 0 radical (unpaired) electrons. The molecule has 3 heterocycles. The molecule has 0 saturated carbocycles. The lowest BCUT2D eigenvalue weighted by molar-refractivity contribution is 0.664. The summed E-state index contributed by atoms with van der Waals surface area (Å²) in [6.07, 6.45) is 0.881. The molecule has 0 bridgehead atoms. The fourth-order valence-electron chi connectivity index (χ4n) is 1.96. The van der Waals surface area contributed by atoms with E-state index in [4.69, 9.17) is 12.2 Å². The Balaban J connectivity index is 2.63. The number of aryl methyl sites for hydroxylation is 1. The zero-order chi connectivity index (χ0) is 12.0. The first kappa shape index (κ1) is 10.7. The molecule has 0 spiro atoms. The van der Waals surface area contributed by atoms with Crippen LogP contribution in [0.4, 0.5) is 0 Å². The highest BCUT2D eigenvalue weighted by molar-refractivity contribution is 7.71. The van der Waals surface area contributed by atoms with Crippen molar-refractivity contribution >= 4 is 39.5 Å². The lowest BCUT2D eigenvalue weighted by Gasteiger charge is -2.05.